The predicted octanol–water partition coefficient (Wildman–Crippen LogP) is 2.59. The molecule has 0 aliphatic carbocycles. The third-order valence-corrected chi connectivity index (χ3v) is 1.77. The van der Waals surface area contributed by atoms with Crippen LogP contribution in [-0.2, 0) is 0 Å². The van der Waals surface area contributed by atoms with Crippen LogP contribution in [0.15, 0.2) is 24.3 Å². The molecule has 0 fully saturated rings. The van der Waals surface area contributed by atoms with E-state index in [0.29, 0.717) is 6.54 Å². The molecule has 76 valence electrons. The first-order chi connectivity index (χ1) is 6.74. The van der Waals surface area contributed by atoms with E-state index in [1.807, 2.05) is 6.92 Å². The summed E-state index contributed by atoms with van der Waals surface area (Å²) in [4.78, 5) is 0. The number of likely N-dealkylation sites (N-methyl/N-ethyl adjacent to an activating group) is 1. The monoisotopic (exact) mass is 197 g/mol. The summed E-state index contributed by atoms with van der Waals surface area (Å²) in [5.74, 6) is -0.825. The van der Waals surface area contributed by atoms with Gasteiger partial charge in [0, 0.05) is 12.1 Å². The molecule has 0 spiro atoms. The molecule has 0 amide bonds. The van der Waals surface area contributed by atoms with Crippen molar-refractivity contribution in [3.63, 3.8) is 0 Å². The second-order valence-corrected chi connectivity index (χ2v) is 2.88. The van der Waals surface area contributed by atoms with Crippen molar-refractivity contribution in [3.8, 4) is 0 Å². The molecular weight excluding hydrogens is 184 g/mol. The Morgan fingerprint density at radius 2 is 2.14 bits per heavy atom. The smallest absolute Gasteiger partial charge is 0.130 e. The SMILES string of the molecule is CCNCC=Cc1cc(F)ccc1F. The minimum atomic E-state index is -0.422. The van der Waals surface area contributed by atoms with Crippen molar-refractivity contribution in [2.45, 2.75) is 6.92 Å². The summed E-state index contributed by atoms with van der Waals surface area (Å²) >= 11 is 0. The van der Waals surface area contributed by atoms with E-state index < -0.39 is 11.6 Å². The highest BCUT2D eigenvalue weighted by Crippen LogP contribution is 2.10. The maximum absolute atomic E-state index is 13.0. The third kappa shape index (κ3) is 3.26. The van der Waals surface area contributed by atoms with Crippen LogP contribution in [0.5, 0.6) is 0 Å². The number of halogens is 2. The molecule has 0 radical (unpaired) electrons. The molecule has 0 aliphatic rings. The molecule has 3 heteroatoms. The average Bonchev–Trinajstić information content (AvgIpc) is 2.18. The van der Waals surface area contributed by atoms with Crippen LogP contribution in [-0.4, -0.2) is 13.1 Å². The maximum Gasteiger partial charge on any atom is 0.130 e. The molecule has 1 aromatic rings. The lowest BCUT2D eigenvalue weighted by molar-refractivity contribution is 0.598. The number of nitrogens with one attached hydrogen (secondary N) is 1. The van der Waals surface area contributed by atoms with E-state index in [1.54, 1.807) is 12.2 Å². The lowest BCUT2D eigenvalue weighted by Gasteiger charge is -1.97. The Morgan fingerprint density at radius 3 is 2.86 bits per heavy atom. The average molecular weight is 197 g/mol. The lowest BCUT2D eigenvalue weighted by atomic mass is 10.2. The first-order valence-corrected chi connectivity index (χ1v) is 4.56. The Balaban J connectivity index is 2.65. The van der Waals surface area contributed by atoms with Crippen LogP contribution < -0.4 is 5.32 Å². The molecule has 0 heterocycles. The highest BCUT2D eigenvalue weighted by molar-refractivity contribution is 5.50. The van der Waals surface area contributed by atoms with Crippen LogP contribution >= 0.6 is 0 Å². The molecule has 0 saturated heterocycles. The zero-order valence-electron chi connectivity index (χ0n) is 8.06. The molecule has 0 aromatic heterocycles. The van der Waals surface area contributed by atoms with Gasteiger partial charge in [0.15, 0.2) is 0 Å². The van der Waals surface area contributed by atoms with Gasteiger partial charge in [0.2, 0.25) is 0 Å². The second-order valence-electron chi connectivity index (χ2n) is 2.88. The Kier molecular flexibility index (Phi) is 4.26. The van der Waals surface area contributed by atoms with Gasteiger partial charge in [-0.05, 0) is 24.7 Å². The van der Waals surface area contributed by atoms with Gasteiger partial charge in [0.05, 0.1) is 0 Å². The van der Waals surface area contributed by atoms with Crippen molar-refractivity contribution in [3.05, 3.63) is 41.5 Å². The van der Waals surface area contributed by atoms with Gasteiger partial charge >= 0.3 is 0 Å². The lowest BCUT2D eigenvalue weighted by Crippen LogP contribution is -2.11. The molecule has 0 aliphatic heterocycles. The normalized spacial score (nSPS) is 11.1. The van der Waals surface area contributed by atoms with Crippen molar-refractivity contribution < 1.29 is 8.78 Å². The van der Waals surface area contributed by atoms with Gasteiger partial charge in [0.1, 0.15) is 11.6 Å². The Bertz CT molecular complexity index is 321. The zero-order valence-corrected chi connectivity index (χ0v) is 8.06. The van der Waals surface area contributed by atoms with E-state index in [2.05, 4.69) is 5.32 Å². The Labute approximate surface area is 82.4 Å². The fraction of sp³-hybridized carbons (Fsp3) is 0.273. The van der Waals surface area contributed by atoms with E-state index in [-0.39, 0.29) is 5.56 Å². The van der Waals surface area contributed by atoms with Crippen LogP contribution in [0.1, 0.15) is 12.5 Å². The summed E-state index contributed by atoms with van der Waals surface area (Å²) < 4.78 is 25.7. The molecule has 1 nitrogen and oxygen atoms in total. The van der Waals surface area contributed by atoms with Crippen molar-refractivity contribution in [1.82, 2.24) is 5.32 Å². The summed E-state index contributed by atoms with van der Waals surface area (Å²) in [6.07, 6.45) is 3.34. The molecule has 0 unspecified atom stereocenters. The molecule has 0 bridgehead atoms. The number of hydrogen-bond donors (Lipinski definition) is 1. The molecule has 1 rings (SSSR count). The first-order valence-electron chi connectivity index (χ1n) is 4.56. The van der Waals surface area contributed by atoms with Crippen LogP contribution in [0.25, 0.3) is 6.08 Å². The number of rotatable bonds is 4. The third-order valence-electron chi connectivity index (χ3n) is 1.77. The van der Waals surface area contributed by atoms with Crippen molar-refractivity contribution >= 4 is 6.08 Å². The largest absolute Gasteiger partial charge is 0.314 e. The Morgan fingerprint density at radius 1 is 1.36 bits per heavy atom. The van der Waals surface area contributed by atoms with Gasteiger partial charge in [-0.2, -0.15) is 0 Å². The molecule has 1 aromatic carbocycles. The van der Waals surface area contributed by atoms with Crippen LogP contribution in [0.2, 0.25) is 0 Å². The fourth-order valence-electron chi connectivity index (χ4n) is 1.06. The summed E-state index contributed by atoms with van der Waals surface area (Å²) in [7, 11) is 0. The van der Waals surface area contributed by atoms with Gasteiger partial charge in [-0.15, -0.1) is 0 Å². The maximum atomic E-state index is 13.0. The highest BCUT2D eigenvalue weighted by atomic mass is 19.1. The van der Waals surface area contributed by atoms with E-state index in [4.69, 9.17) is 0 Å². The summed E-state index contributed by atoms with van der Waals surface area (Å²) in [6.45, 7) is 3.50. The van der Waals surface area contributed by atoms with E-state index >= 15 is 0 Å². The van der Waals surface area contributed by atoms with Gasteiger partial charge in [0.25, 0.3) is 0 Å². The summed E-state index contributed by atoms with van der Waals surface area (Å²) in [5.41, 5.74) is 0.280. The molecule has 0 atom stereocenters. The summed E-state index contributed by atoms with van der Waals surface area (Å²) in [6, 6.07) is 3.41. The van der Waals surface area contributed by atoms with Crippen molar-refractivity contribution in [2.24, 2.45) is 0 Å². The first kappa shape index (κ1) is 10.9. The van der Waals surface area contributed by atoms with Crippen LogP contribution in [0.4, 0.5) is 8.78 Å². The van der Waals surface area contributed by atoms with Gasteiger partial charge in [-0.3, -0.25) is 0 Å². The summed E-state index contributed by atoms with van der Waals surface area (Å²) in [5, 5.41) is 3.05. The van der Waals surface area contributed by atoms with Crippen molar-refractivity contribution in [2.75, 3.05) is 13.1 Å². The molecule has 14 heavy (non-hydrogen) atoms. The highest BCUT2D eigenvalue weighted by Gasteiger charge is 1.98. The number of benzene rings is 1. The van der Waals surface area contributed by atoms with E-state index in [1.165, 1.54) is 6.07 Å². The topological polar surface area (TPSA) is 12.0 Å². The molecule has 0 saturated carbocycles. The zero-order chi connectivity index (χ0) is 10.4. The number of hydrogen-bond acceptors (Lipinski definition) is 1. The second kappa shape index (κ2) is 5.50. The van der Waals surface area contributed by atoms with E-state index in [9.17, 15) is 8.78 Å². The van der Waals surface area contributed by atoms with E-state index in [0.717, 1.165) is 18.7 Å². The minimum Gasteiger partial charge on any atom is -0.314 e. The minimum absolute atomic E-state index is 0.280. The van der Waals surface area contributed by atoms with Crippen LogP contribution in [0, 0.1) is 11.6 Å². The Hall–Kier alpha value is -1.22. The quantitative estimate of drug-likeness (QED) is 0.731. The fourth-order valence-corrected chi connectivity index (χ4v) is 1.06. The van der Waals surface area contributed by atoms with Gasteiger partial charge < -0.3 is 5.32 Å². The standard InChI is InChI=1S/C11H13F2N/c1-2-14-7-3-4-9-8-10(12)5-6-11(9)13/h3-6,8,14H,2,7H2,1H3. The van der Waals surface area contributed by atoms with Gasteiger partial charge in [-0.1, -0.05) is 19.1 Å². The molecule has 1 N–H and O–H groups in total. The van der Waals surface area contributed by atoms with Crippen molar-refractivity contribution in [1.29, 1.82) is 0 Å². The predicted molar refractivity (Wildman–Crippen MR) is 53.9 cm³/mol. The van der Waals surface area contributed by atoms with Crippen LogP contribution in [0.3, 0.4) is 0 Å². The van der Waals surface area contributed by atoms with Gasteiger partial charge in [-0.25, -0.2) is 8.78 Å². The molecular formula is C11H13F2N.